The third-order valence-corrected chi connectivity index (χ3v) is 3.92. The van der Waals surface area contributed by atoms with Crippen molar-refractivity contribution in [3.63, 3.8) is 0 Å². The molecule has 1 unspecified atom stereocenters. The molecule has 0 aliphatic heterocycles. The number of hydrogen-bond acceptors (Lipinski definition) is 2. The maximum absolute atomic E-state index is 11.0. The first-order valence-corrected chi connectivity index (χ1v) is 5.75. The normalized spacial score (nSPS) is 22.5. The van der Waals surface area contributed by atoms with E-state index in [9.17, 15) is 4.79 Å². The van der Waals surface area contributed by atoms with Crippen LogP contribution in [0.4, 0.5) is 0 Å². The van der Waals surface area contributed by atoms with E-state index in [2.05, 4.69) is 0 Å². The van der Waals surface area contributed by atoms with Crippen LogP contribution in [0, 0.1) is 5.92 Å². The number of hydrogen-bond donors (Lipinski definition) is 0. The number of ketones is 1. The van der Waals surface area contributed by atoms with Crippen LogP contribution in [-0.2, 0) is 11.2 Å². The summed E-state index contributed by atoms with van der Waals surface area (Å²) in [6.07, 6.45) is 3.57. The lowest BCUT2D eigenvalue weighted by Gasteiger charge is -2.05. The Morgan fingerprint density at radius 2 is 2.46 bits per heavy atom. The molecule has 1 heterocycles. The maximum Gasteiger partial charge on any atom is 0.133 e. The van der Waals surface area contributed by atoms with Gasteiger partial charge in [-0.15, -0.1) is 11.3 Å². The summed E-state index contributed by atoms with van der Waals surface area (Å²) in [5, 5.41) is 2.87. The van der Waals surface area contributed by atoms with Gasteiger partial charge in [0.2, 0.25) is 0 Å². The Kier molecular flexibility index (Phi) is 2.70. The molecule has 0 amide bonds. The van der Waals surface area contributed by atoms with Gasteiger partial charge in [-0.3, -0.25) is 4.79 Å². The van der Waals surface area contributed by atoms with Gasteiger partial charge in [0.25, 0.3) is 0 Å². The number of carbonyl (C=O) groups is 1. The van der Waals surface area contributed by atoms with Crippen LogP contribution in [0.1, 0.15) is 24.1 Å². The highest BCUT2D eigenvalue weighted by Gasteiger charge is 2.23. The van der Waals surface area contributed by atoms with Crippen molar-refractivity contribution >= 4 is 28.7 Å². The van der Waals surface area contributed by atoms with Crippen molar-refractivity contribution in [3.05, 3.63) is 21.3 Å². The van der Waals surface area contributed by atoms with E-state index in [-0.39, 0.29) is 0 Å². The van der Waals surface area contributed by atoms with Gasteiger partial charge in [0.1, 0.15) is 5.78 Å². The number of thiophene rings is 1. The van der Waals surface area contributed by atoms with Gasteiger partial charge in [0.15, 0.2) is 0 Å². The Labute approximate surface area is 86.7 Å². The molecular formula is C10H11ClOS. The molecule has 1 aliphatic rings. The average Bonchev–Trinajstić information content (AvgIpc) is 2.64. The van der Waals surface area contributed by atoms with Gasteiger partial charge < -0.3 is 0 Å². The lowest BCUT2D eigenvalue weighted by atomic mass is 10.0. The van der Waals surface area contributed by atoms with E-state index in [1.54, 1.807) is 11.3 Å². The monoisotopic (exact) mass is 214 g/mol. The Hall–Kier alpha value is -0.340. The summed E-state index contributed by atoms with van der Waals surface area (Å²) in [7, 11) is 0. The molecule has 1 aliphatic carbocycles. The van der Waals surface area contributed by atoms with E-state index in [0.29, 0.717) is 11.7 Å². The second-order valence-electron chi connectivity index (χ2n) is 3.54. The second-order valence-corrected chi connectivity index (χ2v) is 4.95. The first-order valence-electron chi connectivity index (χ1n) is 4.49. The third-order valence-electron chi connectivity index (χ3n) is 2.51. The largest absolute Gasteiger partial charge is 0.300 e. The van der Waals surface area contributed by atoms with E-state index in [1.807, 2.05) is 11.4 Å². The summed E-state index contributed by atoms with van der Waals surface area (Å²) in [6.45, 7) is 0. The zero-order chi connectivity index (χ0) is 9.26. The van der Waals surface area contributed by atoms with Gasteiger partial charge in [0, 0.05) is 17.7 Å². The minimum Gasteiger partial charge on any atom is -0.300 e. The quantitative estimate of drug-likeness (QED) is 0.738. The van der Waals surface area contributed by atoms with Gasteiger partial charge in [-0.05, 0) is 30.2 Å². The van der Waals surface area contributed by atoms with Gasteiger partial charge in [0.05, 0.1) is 5.02 Å². The van der Waals surface area contributed by atoms with E-state index >= 15 is 0 Å². The van der Waals surface area contributed by atoms with Crippen LogP contribution < -0.4 is 0 Å². The van der Waals surface area contributed by atoms with Crippen LogP contribution in [0.25, 0.3) is 0 Å². The summed E-state index contributed by atoms with van der Waals surface area (Å²) in [6, 6.07) is 1.93. The molecule has 1 nitrogen and oxygen atoms in total. The van der Waals surface area contributed by atoms with Crippen molar-refractivity contribution in [1.82, 2.24) is 0 Å². The Morgan fingerprint density at radius 3 is 3.00 bits per heavy atom. The van der Waals surface area contributed by atoms with Crippen LogP contribution in [0.15, 0.2) is 11.4 Å². The van der Waals surface area contributed by atoms with E-state index in [1.165, 1.54) is 4.88 Å². The smallest absolute Gasteiger partial charge is 0.133 e. The molecule has 3 heteroatoms. The highest BCUT2D eigenvalue weighted by molar-refractivity contribution is 7.10. The zero-order valence-electron chi connectivity index (χ0n) is 7.25. The highest BCUT2D eigenvalue weighted by Crippen LogP contribution is 2.31. The van der Waals surface area contributed by atoms with Crippen LogP contribution in [-0.4, -0.2) is 5.78 Å². The first kappa shape index (κ1) is 9.22. The molecule has 1 aromatic heterocycles. The van der Waals surface area contributed by atoms with E-state index in [4.69, 9.17) is 11.6 Å². The maximum atomic E-state index is 11.0. The van der Waals surface area contributed by atoms with Crippen molar-refractivity contribution in [2.24, 2.45) is 5.92 Å². The molecule has 1 atom stereocenters. The summed E-state index contributed by atoms with van der Waals surface area (Å²) in [5.74, 6) is 0.960. The van der Waals surface area contributed by atoms with Crippen LogP contribution >= 0.6 is 22.9 Å². The Balaban J connectivity index is 1.99. The standard InChI is InChI=1S/C10H11ClOS/c11-9-3-4-13-10(9)6-7-1-2-8(12)5-7/h3-4,7H,1-2,5-6H2. The van der Waals surface area contributed by atoms with Crippen LogP contribution in [0.5, 0.6) is 0 Å². The van der Waals surface area contributed by atoms with Crippen LogP contribution in [0.2, 0.25) is 5.02 Å². The molecule has 0 aromatic carbocycles. The Bertz CT molecular complexity index is 318. The molecule has 0 spiro atoms. The number of carbonyl (C=O) groups excluding carboxylic acids is 1. The van der Waals surface area contributed by atoms with Crippen molar-refractivity contribution in [2.45, 2.75) is 25.7 Å². The van der Waals surface area contributed by atoms with Crippen molar-refractivity contribution in [3.8, 4) is 0 Å². The summed E-state index contributed by atoms with van der Waals surface area (Å²) in [5.41, 5.74) is 0. The third kappa shape index (κ3) is 2.12. The van der Waals surface area contributed by atoms with Crippen molar-refractivity contribution in [1.29, 1.82) is 0 Å². The fourth-order valence-corrected chi connectivity index (χ4v) is 3.03. The lowest BCUT2D eigenvalue weighted by molar-refractivity contribution is -0.117. The molecule has 1 saturated carbocycles. The molecule has 0 N–H and O–H groups in total. The molecule has 0 saturated heterocycles. The minimum absolute atomic E-state index is 0.415. The second kappa shape index (κ2) is 3.81. The van der Waals surface area contributed by atoms with Crippen LogP contribution in [0.3, 0.4) is 0 Å². The van der Waals surface area contributed by atoms with Crippen molar-refractivity contribution < 1.29 is 4.79 Å². The molecule has 1 aromatic rings. The molecule has 2 rings (SSSR count). The fraction of sp³-hybridized carbons (Fsp3) is 0.500. The predicted molar refractivity (Wildman–Crippen MR) is 55.4 cm³/mol. The van der Waals surface area contributed by atoms with Gasteiger partial charge >= 0.3 is 0 Å². The van der Waals surface area contributed by atoms with Gasteiger partial charge in [-0.1, -0.05) is 11.6 Å². The Morgan fingerprint density at radius 1 is 1.62 bits per heavy atom. The summed E-state index contributed by atoms with van der Waals surface area (Å²) < 4.78 is 0. The molecule has 0 radical (unpaired) electrons. The zero-order valence-corrected chi connectivity index (χ0v) is 8.83. The molecule has 70 valence electrons. The molecule has 0 bridgehead atoms. The van der Waals surface area contributed by atoms with Gasteiger partial charge in [-0.25, -0.2) is 0 Å². The lowest BCUT2D eigenvalue weighted by Crippen LogP contribution is -1.98. The number of rotatable bonds is 2. The number of Topliss-reactive ketones (excluding diaryl/α,β-unsaturated/α-hetero) is 1. The van der Waals surface area contributed by atoms with Gasteiger partial charge in [-0.2, -0.15) is 0 Å². The fourth-order valence-electron chi connectivity index (χ4n) is 1.80. The summed E-state index contributed by atoms with van der Waals surface area (Å²) in [4.78, 5) is 12.3. The SMILES string of the molecule is O=C1CCC(Cc2sccc2Cl)C1. The van der Waals surface area contributed by atoms with Crippen molar-refractivity contribution in [2.75, 3.05) is 0 Å². The minimum atomic E-state index is 0.415. The summed E-state index contributed by atoms with van der Waals surface area (Å²) >= 11 is 7.67. The van der Waals surface area contributed by atoms with E-state index < -0.39 is 0 Å². The highest BCUT2D eigenvalue weighted by atomic mass is 35.5. The first-order chi connectivity index (χ1) is 6.25. The molecular weight excluding hydrogens is 204 g/mol. The average molecular weight is 215 g/mol. The topological polar surface area (TPSA) is 17.1 Å². The molecule has 1 fully saturated rings. The number of halogens is 1. The predicted octanol–water partition coefficient (Wildman–Crippen LogP) is 3.31. The van der Waals surface area contributed by atoms with E-state index in [0.717, 1.165) is 30.7 Å². The molecule has 13 heavy (non-hydrogen) atoms.